The van der Waals surface area contributed by atoms with E-state index in [4.69, 9.17) is 4.98 Å². The maximum Gasteiger partial charge on any atom is 0.166 e. The van der Waals surface area contributed by atoms with Crippen molar-refractivity contribution < 1.29 is 4.79 Å². The number of ketones is 1. The SMILES string of the molecule is Cn1c([C@@H]2C[C@@H](C(=O)c3ccccc3)[C@@H]2c2ccccc2)nc2ccccc21. The Kier molecular flexibility index (Phi) is 4.09. The monoisotopic (exact) mass is 366 g/mol. The third kappa shape index (κ3) is 2.66. The van der Waals surface area contributed by atoms with Crippen LogP contribution in [0.15, 0.2) is 84.9 Å². The van der Waals surface area contributed by atoms with Crippen molar-refractivity contribution in [3.05, 3.63) is 102 Å². The molecule has 138 valence electrons. The number of aryl methyl sites for hydroxylation is 1. The van der Waals surface area contributed by atoms with Crippen molar-refractivity contribution >= 4 is 16.8 Å². The molecule has 0 bridgehead atoms. The van der Waals surface area contributed by atoms with Crippen molar-refractivity contribution in [2.75, 3.05) is 0 Å². The van der Waals surface area contributed by atoms with Crippen molar-refractivity contribution in [2.45, 2.75) is 18.3 Å². The van der Waals surface area contributed by atoms with Crippen LogP contribution < -0.4 is 0 Å². The van der Waals surface area contributed by atoms with Gasteiger partial charge in [0.25, 0.3) is 0 Å². The number of carbonyl (C=O) groups is 1. The van der Waals surface area contributed by atoms with Gasteiger partial charge in [0.15, 0.2) is 5.78 Å². The van der Waals surface area contributed by atoms with Gasteiger partial charge in [0.2, 0.25) is 0 Å². The minimum atomic E-state index is -0.00499. The molecule has 0 spiro atoms. The van der Waals surface area contributed by atoms with E-state index in [1.165, 1.54) is 5.56 Å². The van der Waals surface area contributed by atoms with Crippen molar-refractivity contribution in [3.8, 4) is 0 Å². The molecule has 28 heavy (non-hydrogen) atoms. The van der Waals surface area contributed by atoms with Crippen LogP contribution in [0.3, 0.4) is 0 Å². The molecule has 5 rings (SSSR count). The molecule has 0 aliphatic heterocycles. The predicted molar refractivity (Wildman–Crippen MR) is 112 cm³/mol. The molecule has 0 radical (unpaired) electrons. The fraction of sp³-hybridized carbons (Fsp3) is 0.200. The number of carbonyl (C=O) groups excluding carboxylic acids is 1. The van der Waals surface area contributed by atoms with Gasteiger partial charge in [-0.3, -0.25) is 4.79 Å². The van der Waals surface area contributed by atoms with Crippen LogP contribution in [0.25, 0.3) is 11.0 Å². The van der Waals surface area contributed by atoms with Crippen molar-refractivity contribution in [2.24, 2.45) is 13.0 Å². The van der Waals surface area contributed by atoms with Gasteiger partial charge in [-0.25, -0.2) is 4.98 Å². The largest absolute Gasteiger partial charge is 0.331 e. The molecule has 1 aliphatic rings. The standard InChI is InChI=1S/C25H22N2O/c1-27-22-15-9-8-14-21(22)26-25(27)20-16-19(23(20)17-10-4-2-5-11-17)24(28)18-12-6-3-7-13-18/h2-15,19-20,23H,16H2,1H3/t19-,20-,23+/m1/s1. The molecule has 1 aliphatic carbocycles. The van der Waals surface area contributed by atoms with Gasteiger partial charge < -0.3 is 4.57 Å². The number of aromatic nitrogens is 2. The summed E-state index contributed by atoms with van der Waals surface area (Å²) in [6.45, 7) is 0. The smallest absolute Gasteiger partial charge is 0.166 e. The maximum atomic E-state index is 13.2. The number of hydrogen-bond acceptors (Lipinski definition) is 2. The molecular formula is C25H22N2O. The van der Waals surface area contributed by atoms with E-state index in [9.17, 15) is 4.79 Å². The second-order valence-corrected chi connectivity index (χ2v) is 7.63. The van der Waals surface area contributed by atoms with E-state index in [1.807, 2.05) is 48.5 Å². The van der Waals surface area contributed by atoms with Gasteiger partial charge in [-0.1, -0.05) is 72.8 Å². The number of hydrogen-bond donors (Lipinski definition) is 0. The van der Waals surface area contributed by atoms with Gasteiger partial charge in [-0.2, -0.15) is 0 Å². The van der Waals surface area contributed by atoms with Crippen LogP contribution in [0.5, 0.6) is 0 Å². The van der Waals surface area contributed by atoms with E-state index >= 15 is 0 Å². The third-order valence-corrected chi connectivity index (χ3v) is 6.11. The maximum absolute atomic E-state index is 13.2. The van der Waals surface area contributed by atoms with Gasteiger partial charge in [-0.15, -0.1) is 0 Å². The quantitative estimate of drug-likeness (QED) is 0.457. The summed E-state index contributed by atoms with van der Waals surface area (Å²) in [5.41, 5.74) is 4.18. The lowest BCUT2D eigenvalue weighted by molar-refractivity contribution is 0.0772. The first-order valence-corrected chi connectivity index (χ1v) is 9.79. The zero-order valence-corrected chi connectivity index (χ0v) is 15.8. The lowest BCUT2D eigenvalue weighted by Crippen LogP contribution is -2.39. The number of imidazole rings is 1. The molecule has 3 aromatic carbocycles. The first-order valence-electron chi connectivity index (χ1n) is 9.79. The molecule has 1 heterocycles. The summed E-state index contributed by atoms with van der Waals surface area (Å²) in [7, 11) is 2.08. The van der Waals surface area contributed by atoms with Crippen LogP contribution in [0.1, 0.15) is 40.0 Å². The second kappa shape index (κ2) is 6.75. The zero-order chi connectivity index (χ0) is 19.1. The first-order chi connectivity index (χ1) is 13.7. The molecule has 0 unspecified atom stereocenters. The van der Waals surface area contributed by atoms with Gasteiger partial charge in [-0.05, 0) is 24.1 Å². The summed E-state index contributed by atoms with van der Waals surface area (Å²) in [5, 5.41) is 0. The highest BCUT2D eigenvalue weighted by atomic mass is 16.1. The Hall–Kier alpha value is -3.20. The van der Waals surface area contributed by atoms with Gasteiger partial charge in [0, 0.05) is 30.4 Å². The van der Waals surface area contributed by atoms with Crippen molar-refractivity contribution in [1.82, 2.24) is 9.55 Å². The van der Waals surface area contributed by atoms with E-state index in [0.717, 1.165) is 28.8 Å². The molecule has 0 amide bonds. The molecule has 3 heteroatoms. The Labute approximate surface area is 164 Å². The molecule has 4 aromatic rings. The Bertz CT molecular complexity index is 1130. The minimum absolute atomic E-state index is 0.00499. The number of fused-ring (bicyclic) bond motifs is 1. The highest BCUT2D eigenvalue weighted by Gasteiger charge is 2.48. The van der Waals surface area contributed by atoms with Crippen molar-refractivity contribution in [3.63, 3.8) is 0 Å². The Balaban J connectivity index is 1.55. The van der Waals surface area contributed by atoms with E-state index in [2.05, 4.69) is 48.0 Å². The summed E-state index contributed by atoms with van der Waals surface area (Å²) < 4.78 is 2.19. The molecule has 1 fully saturated rings. The molecule has 0 saturated heterocycles. The van der Waals surface area contributed by atoms with Crippen LogP contribution in [0.2, 0.25) is 0 Å². The van der Waals surface area contributed by atoms with Crippen LogP contribution in [0.4, 0.5) is 0 Å². The average Bonchev–Trinajstić information content (AvgIpc) is 3.05. The lowest BCUT2D eigenvalue weighted by Gasteiger charge is -2.44. The fourth-order valence-corrected chi connectivity index (χ4v) is 4.64. The molecule has 1 aromatic heterocycles. The second-order valence-electron chi connectivity index (χ2n) is 7.63. The van der Waals surface area contributed by atoms with Gasteiger partial charge in [0.1, 0.15) is 5.82 Å². The van der Waals surface area contributed by atoms with Crippen LogP contribution in [-0.2, 0) is 7.05 Å². The normalized spacial score (nSPS) is 21.4. The molecule has 0 N–H and O–H groups in total. The number of nitrogens with zero attached hydrogens (tertiary/aromatic N) is 2. The van der Waals surface area contributed by atoms with E-state index in [0.29, 0.717) is 0 Å². The number of rotatable bonds is 4. The van der Waals surface area contributed by atoms with E-state index in [-0.39, 0.29) is 23.5 Å². The summed E-state index contributed by atoms with van der Waals surface area (Å²) in [4.78, 5) is 18.1. The van der Waals surface area contributed by atoms with Crippen LogP contribution >= 0.6 is 0 Å². The minimum Gasteiger partial charge on any atom is -0.331 e. The highest BCUT2D eigenvalue weighted by Crippen LogP contribution is 2.54. The summed E-state index contributed by atoms with van der Waals surface area (Å²) >= 11 is 0. The third-order valence-electron chi connectivity index (χ3n) is 6.11. The Morgan fingerprint density at radius 2 is 1.54 bits per heavy atom. The van der Waals surface area contributed by atoms with Gasteiger partial charge in [0.05, 0.1) is 11.0 Å². The Morgan fingerprint density at radius 3 is 2.25 bits per heavy atom. The summed E-state index contributed by atoms with van der Waals surface area (Å²) in [6.07, 6.45) is 0.838. The van der Waals surface area contributed by atoms with Crippen LogP contribution in [-0.4, -0.2) is 15.3 Å². The topological polar surface area (TPSA) is 34.9 Å². The fourth-order valence-electron chi connectivity index (χ4n) is 4.64. The summed E-state index contributed by atoms with van der Waals surface area (Å²) in [5.74, 6) is 1.72. The van der Waals surface area contributed by atoms with E-state index in [1.54, 1.807) is 0 Å². The molecular weight excluding hydrogens is 344 g/mol. The van der Waals surface area contributed by atoms with E-state index < -0.39 is 0 Å². The predicted octanol–water partition coefficient (Wildman–Crippen LogP) is 5.34. The number of Topliss-reactive ketones (excluding diaryl/α,β-unsaturated/α-hetero) is 1. The molecule has 1 saturated carbocycles. The highest BCUT2D eigenvalue weighted by molar-refractivity contribution is 5.99. The van der Waals surface area contributed by atoms with Crippen molar-refractivity contribution in [1.29, 1.82) is 0 Å². The number of benzene rings is 3. The molecule has 3 nitrogen and oxygen atoms in total. The molecule has 3 atom stereocenters. The van der Waals surface area contributed by atoms with Crippen LogP contribution in [0, 0.1) is 5.92 Å². The first kappa shape index (κ1) is 16.9. The number of para-hydroxylation sites is 2. The lowest BCUT2D eigenvalue weighted by atomic mass is 9.59. The average molecular weight is 366 g/mol. The Morgan fingerprint density at radius 1 is 0.893 bits per heavy atom. The van der Waals surface area contributed by atoms with Gasteiger partial charge >= 0.3 is 0 Å². The zero-order valence-electron chi connectivity index (χ0n) is 15.8. The summed E-state index contributed by atoms with van der Waals surface area (Å²) in [6, 6.07) is 28.3.